The van der Waals surface area contributed by atoms with Crippen molar-refractivity contribution < 1.29 is 18.0 Å². The molecule has 1 aromatic heterocycles. The van der Waals surface area contributed by atoms with E-state index in [1.807, 2.05) is 54.6 Å². The molecule has 8 heteroatoms. The van der Waals surface area contributed by atoms with Gasteiger partial charge in [0.1, 0.15) is 5.82 Å². The summed E-state index contributed by atoms with van der Waals surface area (Å²) in [4.78, 5) is 34.1. The molecule has 1 amide bonds. The van der Waals surface area contributed by atoms with Crippen LogP contribution in [0.3, 0.4) is 0 Å². The second kappa shape index (κ2) is 8.83. The summed E-state index contributed by atoms with van der Waals surface area (Å²) in [5, 5.41) is 3.01. The van der Waals surface area contributed by atoms with Gasteiger partial charge in [-0.05, 0) is 54.4 Å². The van der Waals surface area contributed by atoms with Crippen LogP contribution in [-0.2, 0) is 16.3 Å². The molecule has 0 spiro atoms. The van der Waals surface area contributed by atoms with Gasteiger partial charge in [-0.1, -0.05) is 54.6 Å². The van der Waals surface area contributed by atoms with E-state index < -0.39 is 21.8 Å². The van der Waals surface area contributed by atoms with Crippen LogP contribution in [-0.4, -0.2) is 30.1 Å². The third kappa shape index (κ3) is 4.01. The Kier molecular flexibility index (Phi) is 5.46. The van der Waals surface area contributed by atoms with E-state index in [9.17, 15) is 18.0 Å². The zero-order valence-corrected chi connectivity index (χ0v) is 20.3. The summed E-state index contributed by atoms with van der Waals surface area (Å²) in [6, 6.07) is 27.1. The number of fused-ring (bicyclic) bond motifs is 3. The molecule has 37 heavy (non-hydrogen) atoms. The van der Waals surface area contributed by atoms with Crippen LogP contribution in [0.2, 0.25) is 0 Å². The number of hydrogen-bond donors (Lipinski definition) is 2. The van der Waals surface area contributed by atoms with Gasteiger partial charge in [-0.3, -0.25) is 9.59 Å². The predicted octanol–water partition coefficient (Wildman–Crippen LogP) is 4.65. The highest BCUT2D eigenvalue weighted by Crippen LogP contribution is 2.35. The number of aromatic nitrogens is 2. The highest BCUT2D eigenvalue weighted by atomic mass is 32.2. The van der Waals surface area contributed by atoms with Crippen molar-refractivity contribution in [2.24, 2.45) is 0 Å². The average molecular weight is 508 g/mol. The number of hydrogen-bond acceptors (Lipinski definition) is 5. The van der Waals surface area contributed by atoms with E-state index in [2.05, 4.69) is 15.3 Å². The minimum Gasteiger partial charge on any atom is -0.342 e. The summed E-state index contributed by atoms with van der Waals surface area (Å²) < 4.78 is 26.6. The second-order valence-electron chi connectivity index (χ2n) is 8.89. The van der Waals surface area contributed by atoms with Crippen molar-refractivity contribution in [1.82, 2.24) is 15.3 Å². The molecule has 0 fully saturated rings. The summed E-state index contributed by atoms with van der Waals surface area (Å²) in [6.07, 6.45) is 0.474. The fourth-order valence-electron chi connectivity index (χ4n) is 4.67. The van der Waals surface area contributed by atoms with Crippen molar-refractivity contribution >= 4 is 32.6 Å². The third-order valence-electron chi connectivity index (χ3n) is 6.52. The monoisotopic (exact) mass is 507 g/mol. The van der Waals surface area contributed by atoms with Gasteiger partial charge >= 0.3 is 0 Å². The Morgan fingerprint density at radius 1 is 0.838 bits per heavy atom. The number of imidazole rings is 1. The number of nitrogens with zero attached hydrogens (tertiary/aromatic N) is 1. The van der Waals surface area contributed by atoms with Gasteiger partial charge in [-0.15, -0.1) is 0 Å². The van der Waals surface area contributed by atoms with E-state index in [1.165, 1.54) is 30.3 Å². The van der Waals surface area contributed by atoms with Crippen LogP contribution >= 0.6 is 0 Å². The summed E-state index contributed by atoms with van der Waals surface area (Å²) in [6.45, 7) is 0. The van der Waals surface area contributed by atoms with Gasteiger partial charge in [0.15, 0.2) is 5.78 Å². The van der Waals surface area contributed by atoms with Crippen LogP contribution in [0, 0.1) is 0 Å². The first-order valence-electron chi connectivity index (χ1n) is 11.7. The molecule has 0 saturated carbocycles. The molecule has 5 aromatic rings. The topological polar surface area (TPSA) is 109 Å². The minimum absolute atomic E-state index is 0.0470. The number of carbonyl (C=O) groups is 2. The standard InChI is InChI=1S/C29H21N3O4S/c33-27-20-10-4-7-13-25(20)37(35,36)26-17-19(14-15-21(26)27)29(34)32-24(16-18-8-2-1-3-9-18)28-30-22-11-5-6-12-23(22)31-28/h1-15,17,24H,16H2,(H,30,31)(H,32,34). The van der Waals surface area contributed by atoms with Crippen molar-refractivity contribution in [3.05, 3.63) is 125 Å². The molecule has 0 bridgehead atoms. The molecule has 0 radical (unpaired) electrons. The molecule has 0 aliphatic carbocycles. The van der Waals surface area contributed by atoms with Crippen molar-refractivity contribution in [1.29, 1.82) is 0 Å². The Hall–Kier alpha value is -4.56. The van der Waals surface area contributed by atoms with Crippen LogP contribution in [0.4, 0.5) is 0 Å². The SMILES string of the molecule is O=C(NC(Cc1ccccc1)c1nc2ccccc2[nH]1)c1ccc2c(c1)S(=O)(=O)c1ccccc1C2=O. The number of H-pyrrole nitrogens is 1. The number of para-hydroxylation sites is 2. The molecule has 2 N–H and O–H groups in total. The molecular formula is C29H21N3O4S. The van der Waals surface area contributed by atoms with Crippen LogP contribution in [0.15, 0.2) is 107 Å². The summed E-state index contributed by atoms with van der Waals surface area (Å²) in [5.41, 5.74) is 2.98. The number of aromatic amines is 1. The Bertz CT molecular complexity index is 1760. The number of rotatable bonds is 5. The maximum atomic E-state index is 13.4. The Morgan fingerprint density at radius 2 is 1.54 bits per heavy atom. The second-order valence-corrected chi connectivity index (χ2v) is 10.8. The van der Waals surface area contributed by atoms with E-state index in [0.29, 0.717) is 12.2 Å². The number of carbonyl (C=O) groups excluding carboxylic acids is 2. The summed E-state index contributed by atoms with van der Waals surface area (Å²) in [7, 11) is -3.96. The van der Waals surface area contributed by atoms with Crippen LogP contribution in [0.25, 0.3) is 11.0 Å². The maximum Gasteiger partial charge on any atom is 0.251 e. The quantitative estimate of drug-likeness (QED) is 0.353. The third-order valence-corrected chi connectivity index (χ3v) is 8.38. The van der Waals surface area contributed by atoms with E-state index in [4.69, 9.17) is 0 Å². The molecule has 182 valence electrons. The van der Waals surface area contributed by atoms with Gasteiger partial charge in [0.05, 0.1) is 26.9 Å². The van der Waals surface area contributed by atoms with Crippen molar-refractivity contribution in [2.45, 2.75) is 22.3 Å². The number of sulfone groups is 1. The van der Waals surface area contributed by atoms with E-state index >= 15 is 0 Å². The van der Waals surface area contributed by atoms with E-state index in [-0.39, 0.29) is 32.3 Å². The maximum absolute atomic E-state index is 13.4. The normalized spacial score (nSPS) is 14.5. The largest absolute Gasteiger partial charge is 0.342 e. The van der Waals surface area contributed by atoms with Gasteiger partial charge in [0, 0.05) is 16.7 Å². The lowest BCUT2D eigenvalue weighted by molar-refractivity contribution is 0.0933. The molecular weight excluding hydrogens is 486 g/mol. The van der Waals surface area contributed by atoms with Gasteiger partial charge in [0.25, 0.3) is 5.91 Å². The Labute approximate surface area is 213 Å². The van der Waals surface area contributed by atoms with Gasteiger partial charge in [-0.2, -0.15) is 0 Å². The zero-order valence-electron chi connectivity index (χ0n) is 19.5. The molecule has 0 saturated heterocycles. The molecule has 1 atom stereocenters. The lowest BCUT2D eigenvalue weighted by Crippen LogP contribution is -2.31. The summed E-state index contributed by atoms with van der Waals surface area (Å²) in [5.74, 6) is -0.254. The first-order chi connectivity index (χ1) is 17.9. The lowest BCUT2D eigenvalue weighted by atomic mass is 10.0. The fourth-order valence-corrected chi connectivity index (χ4v) is 6.35. The average Bonchev–Trinajstić information content (AvgIpc) is 3.36. The number of benzene rings is 4. The van der Waals surface area contributed by atoms with Crippen molar-refractivity contribution in [2.75, 3.05) is 0 Å². The molecule has 7 nitrogen and oxygen atoms in total. The molecule has 4 aromatic carbocycles. The highest BCUT2D eigenvalue weighted by molar-refractivity contribution is 7.91. The van der Waals surface area contributed by atoms with Crippen LogP contribution < -0.4 is 5.32 Å². The molecule has 1 aliphatic heterocycles. The smallest absolute Gasteiger partial charge is 0.251 e. The van der Waals surface area contributed by atoms with Crippen LogP contribution in [0.1, 0.15) is 43.7 Å². The lowest BCUT2D eigenvalue weighted by Gasteiger charge is -2.20. The summed E-state index contributed by atoms with van der Waals surface area (Å²) >= 11 is 0. The van der Waals surface area contributed by atoms with Crippen molar-refractivity contribution in [3.8, 4) is 0 Å². The van der Waals surface area contributed by atoms with Gasteiger partial charge in [0.2, 0.25) is 9.84 Å². The molecule has 1 aliphatic rings. The number of ketones is 1. The molecule has 2 heterocycles. The molecule has 1 unspecified atom stereocenters. The fraction of sp³-hybridized carbons (Fsp3) is 0.0690. The first kappa shape index (κ1) is 22.9. The number of amides is 1. The predicted molar refractivity (Wildman–Crippen MR) is 138 cm³/mol. The Balaban J connectivity index is 1.36. The molecule has 6 rings (SSSR count). The first-order valence-corrected chi connectivity index (χ1v) is 13.2. The van der Waals surface area contributed by atoms with Crippen LogP contribution in [0.5, 0.6) is 0 Å². The minimum atomic E-state index is -3.96. The number of nitrogens with one attached hydrogen (secondary N) is 2. The van der Waals surface area contributed by atoms with Gasteiger partial charge < -0.3 is 10.3 Å². The van der Waals surface area contributed by atoms with Crippen molar-refractivity contribution in [3.63, 3.8) is 0 Å². The highest BCUT2D eigenvalue weighted by Gasteiger charge is 2.35. The Morgan fingerprint density at radius 3 is 2.35 bits per heavy atom. The zero-order chi connectivity index (χ0) is 25.6. The van der Waals surface area contributed by atoms with E-state index in [1.54, 1.807) is 12.1 Å². The van der Waals surface area contributed by atoms with E-state index in [0.717, 1.165) is 16.6 Å². The van der Waals surface area contributed by atoms with Gasteiger partial charge in [-0.25, -0.2) is 13.4 Å².